The van der Waals surface area contributed by atoms with Gasteiger partial charge in [0.2, 0.25) is 10.0 Å². The molecule has 0 radical (unpaired) electrons. The van der Waals surface area contributed by atoms with Crippen LogP contribution in [0, 0.1) is 0 Å². The summed E-state index contributed by atoms with van der Waals surface area (Å²) in [6.07, 6.45) is 4.33. The number of nitrogens with one attached hydrogen (secondary N) is 2. The first-order valence-corrected chi connectivity index (χ1v) is 13.2. The third-order valence-corrected chi connectivity index (χ3v) is 7.71. The molecule has 34 heavy (non-hydrogen) atoms. The van der Waals surface area contributed by atoms with Crippen LogP contribution in [0.1, 0.15) is 24.4 Å². The van der Waals surface area contributed by atoms with Crippen LogP contribution in [0.4, 0.5) is 5.82 Å². The van der Waals surface area contributed by atoms with E-state index in [4.69, 9.17) is 16.6 Å². The van der Waals surface area contributed by atoms with Crippen LogP contribution in [0.15, 0.2) is 36.9 Å². The number of aromatic amines is 1. The van der Waals surface area contributed by atoms with Gasteiger partial charge in [0.15, 0.2) is 11.5 Å². The molecule has 0 spiro atoms. The van der Waals surface area contributed by atoms with Crippen molar-refractivity contribution >= 4 is 49.4 Å². The molecule has 1 saturated heterocycles. The Morgan fingerprint density at radius 3 is 2.74 bits per heavy atom. The average Bonchev–Trinajstić information content (AvgIpc) is 3.29. The van der Waals surface area contributed by atoms with Gasteiger partial charge < -0.3 is 10.3 Å². The van der Waals surface area contributed by atoms with Gasteiger partial charge in [-0.1, -0.05) is 23.7 Å². The summed E-state index contributed by atoms with van der Waals surface area (Å²) in [6.45, 7) is 4.81. The quantitative estimate of drug-likeness (QED) is 0.414. The number of imidazole rings is 1. The molecule has 178 valence electrons. The average molecular weight is 501 g/mol. The Labute approximate surface area is 202 Å². The van der Waals surface area contributed by atoms with Crippen molar-refractivity contribution in [3.63, 3.8) is 0 Å². The number of sulfonamides is 1. The molecule has 10 nitrogen and oxygen atoms in total. The molecule has 2 N–H and O–H groups in total. The van der Waals surface area contributed by atoms with Gasteiger partial charge in [0, 0.05) is 38.1 Å². The zero-order valence-corrected chi connectivity index (χ0v) is 20.4. The molecular formula is C22H25ClN8O2S. The van der Waals surface area contributed by atoms with Crippen molar-refractivity contribution in [2.75, 3.05) is 37.8 Å². The number of fused-ring (bicyclic) bond motifs is 2. The second-order valence-corrected chi connectivity index (χ2v) is 10.8. The second kappa shape index (κ2) is 9.06. The number of pyridine rings is 1. The molecule has 0 aliphatic carbocycles. The summed E-state index contributed by atoms with van der Waals surface area (Å²) in [6, 6.07) is 7.71. The second-order valence-electron chi connectivity index (χ2n) is 8.46. The van der Waals surface area contributed by atoms with Crippen molar-refractivity contribution in [2.45, 2.75) is 19.5 Å². The first-order chi connectivity index (χ1) is 16.3. The van der Waals surface area contributed by atoms with Crippen molar-refractivity contribution < 1.29 is 8.42 Å². The zero-order valence-electron chi connectivity index (χ0n) is 18.9. The van der Waals surface area contributed by atoms with Crippen molar-refractivity contribution in [1.82, 2.24) is 34.1 Å². The van der Waals surface area contributed by atoms with Gasteiger partial charge >= 0.3 is 0 Å². The Morgan fingerprint density at radius 2 is 1.97 bits per heavy atom. The molecule has 1 aliphatic rings. The number of hydrogen-bond donors (Lipinski definition) is 2. The number of nitrogens with zero attached hydrogens (tertiary/aromatic N) is 6. The molecule has 1 atom stereocenters. The van der Waals surface area contributed by atoms with Gasteiger partial charge in [-0.2, -0.15) is 4.31 Å². The number of benzene rings is 1. The molecule has 4 aromatic rings. The summed E-state index contributed by atoms with van der Waals surface area (Å²) in [5.41, 5.74) is 3.05. The predicted molar refractivity (Wildman–Crippen MR) is 132 cm³/mol. The lowest BCUT2D eigenvalue weighted by Crippen LogP contribution is -2.47. The molecule has 5 rings (SSSR count). The van der Waals surface area contributed by atoms with E-state index < -0.39 is 10.0 Å². The van der Waals surface area contributed by atoms with Gasteiger partial charge in [-0.15, -0.1) is 0 Å². The molecule has 0 amide bonds. The predicted octanol–water partition coefficient (Wildman–Crippen LogP) is 2.80. The highest BCUT2D eigenvalue weighted by atomic mass is 35.5. The molecule has 0 saturated carbocycles. The molecule has 12 heteroatoms. The third kappa shape index (κ3) is 4.56. The molecule has 1 aromatic carbocycles. The fraction of sp³-hybridized carbons (Fsp3) is 0.364. The summed E-state index contributed by atoms with van der Waals surface area (Å²) in [4.78, 5) is 23.0. The fourth-order valence-electron chi connectivity index (χ4n) is 4.29. The molecule has 1 aliphatic heterocycles. The Kier molecular flexibility index (Phi) is 6.11. The van der Waals surface area contributed by atoms with Gasteiger partial charge in [-0.25, -0.2) is 23.4 Å². The minimum Gasteiger partial charge on any atom is -0.360 e. The van der Waals surface area contributed by atoms with Crippen LogP contribution in [0.3, 0.4) is 0 Å². The summed E-state index contributed by atoms with van der Waals surface area (Å²) >= 11 is 6.59. The molecule has 1 unspecified atom stereocenters. The number of piperazine rings is 1. The van der Waals surface area contributed by atoms with E-state index in [1.165, 1.54) is 16.9 Å². The Hall–Kier alpha value is -2.86. The van der Waals surface area contributed by atoms with Crippen LogP contribution in [0.2, 0.25) is 5.02 Å². The topological polar surface area (TPSA) is 120 Å². The minimum atomic E-state index is -3.18. The van der Waals surface area contributed by atoms with Crippen LogP contribution >= 0.6 is 11.6 Å². The first kappa shape index (κ1) is 22.9. The number of halogens is 1. The lowest BCUT2D eigenvalue weighted by molar-refractivity contribution is 0.181. The maximum Gasteiger partial charge on any atom is 0.211 e. The maximum atomic E-state index is 11.9. The van der Waals surface area contributed by atoms with E-state index in [-0.39, 0.29) is 6.04 Å². The fourth-order valence-corrected chi connectivity index (χ4v) is 5.40. The van der Waals surface area contributed by atoms with Gasteiger partial charge in [0.1, 0.15) is 11.8 Å². The van der Waals surface area contributed by atoms with Crippen LogP contribution < -0.4 is 5.32 Å². The highest BCUT2D eigenvalue weighted by Crippen LogP contribution is 2.30. The highest BCUT2D eigenvalue weighted by Gasteiger charge is 2.25. The van der Waals surface area contributed by atoms with Gasteiger partial charge in [-0.05, 0) is 24.4 Å². The van der Waals surface area contributed by atoms with Crippen LogP contribution in [0.5, 0.6) is 0 Å². The van der Waals surface area contributed by atoms with Crippen molar-refractivity contribution in [1.29, 1.82) is 0 Å². The summed E-state index contributed by atoms with van der Waals surface area (Å²) in [7, 11) is -3.18. The zero-order chi connectivity index (χ0) is 23.9. The van der Waals surface area contributed by atoms with E-state index in [0.29, 0.717) is 54.7 Å². The smallest absolute Gasteiger partial charge is 0.211 e. The standard InChI is InChI=1S/C22H25ClN8O2S/c1-14(28-22-20-21(25-12-24-20)26-13-27-22)17-10-15-4-3-5-16(23)19(15)18(29-17)11-30-6-8-31(9-7-30)34(2,32)33/h3-5,10,12-14H,6-9,11H2,1-2H3,(H2,24,25,26,27,28). The van der Waals surface area contributed by atoms with E-state index in [0.717, 1.165) is 22.2 Å². The Morgan fingerprint density at radius 1 is 1.18 bits per heavy atom. The number of rotatable bonds is 6. The number of hydrogen-bond acceptors (Lipinski definition) is 8. The molecular weight excluding hydrogens is 476 g/mol. The number of anilines is 1. The summed E-state index contributed by atoms with van der Waals surface area (Å²) in [5.74, 6) is 0.630. The molecule has 3 aromatic heterocycles. The maximum absolute atomic E-state index is 11.9. The van der Waals surface area contributed by atoms with E-state index in [9.17, 15) is 8.42 Å². The van der Waals surface area contributed by atoms with E-state index in [2.05, 4.69) is 30.2 Å². The van der Waals surface area contributed by atoms with Gasteiger partial charge in [0.25, 0.3) is 0 Å². The highest BCUT2D eigenvalue weighted by molar-refractivity contribution is 7.88. The molecule has 4 heterocycles. The lowest BCUT2D eigenvalue weighted by atomic mass is 10.1. The van der Waals surface area contributed by atoms with Crippen LogP contribution in [-0.4, -0.2) is 75.0 Å². The SMILES string of the molecule is CC(Nc1ncnc2[nH]cnc12)c1cc2cccc(Cl)c2c(CN2CCN(S(C)(=O)=O)CC2)n1. The summed E-state index contributed by atoms with van der Waals surface area (Å²) < 4.78 is 25.2. The van der Waals surface area contributed by atoms with Gasteiger partial charge in [-0.3, -0.25) is 9.88 Å². The molecule has 0 bridgehead atoms. The number of H-pyrrole nitrogens is 1. The monoisotopic (exact) mass is 500 g/mol. The van der Waals surface area contributed by atoms with E-state index in [1.807, 2.05) is 31.2 Å². The van der Waals surface area contributed by atoms with Crippen molar-refractivity contribution in [2.24, 2.45) is 0 Å². The van der Waals surface area contributed by atoms with Crippen molar-refractivity contribution in [3.05, 3.63) is 53.3 Å². The van der Waals surface area contributed by atoms with Crippen LogP contribution in [-0.2, 0) is 16.6 Å². The summed E-state index contributed by atoms with van der Waals surface area (Å²) in [5, 5.41) is 5.97. The normalized spacial score (nSPS) is 16.8. The van der Waals surface area contributed by atoms with Gasteiger partial charge in [0.05, 0.1) is 35.0 Å². The number of aromatic nitrogens is 5. The molecule has 1 fully saturated rings. The van der Waals surface area contributed by atoms with Crippen molar-refractivity contribution in [3.8, 4) is 0 Å². The largest absolute Gasteiger partial charge is 0.360 e. The lowest BCUT2D eigenvalue weighted by Gasteiger charge is -2.33. The van der Waals surface area contributed by atoms with Crippen LogP contribution in [0.25, 0.3) is 21.9 Å². The van der Waals surface area contributed by atoms with E-state index in [1.54, 1.807) is 6.33 Å². The first-order valence-electron chi connectivity index (χ1n) is 11.0. The Bertz CT molecular complexity index is 1450. The minimum absolute atomic E-state index is 0.154. The Balaban J connectivity index is 1.44. The third-order valence-electron chi connectivity index (χ3n) is 6.09. The van der Waals surface area contributed by atoms with E-state index >= 15 is 0 Å².